The van der Waals surface area contributed by atoms with Gasteiger partial charge in [-0.05, 0) is 0 Å². The fraction of sp³-hybridized carbons (Fsp3) is 0.875. The number of hydrogen-bond acceptors (Lipinski definition) is 2. The monoisotopic (exact) mass is 208 g/mol. The van der Waals surface area contributed by atoms with Gasteiger partial charge in [0.05, 0.1) is 11.5 Å². The zero-order valence-corrected chi connectivity index (χ0v) is 8.41. The Kier molecular flexibility index (Phi) is 3.18. The second kappa shape index (κ2) is 3.84. The first-order chi connectivity index (χ1) is 5.91. The molecule has 0 saturated carbocycles. The van der Waals surface area contributed by atoms with E-state index in [4.69, 9.17) is 18.0 Å². The zero-order chi connectivity index (χ0) is 10.1. The van der Waals surface area contributed by atoms with Gasteiger partial charge in [-0.15, -0.1) is 0 Å². The van der Waals surface area contributed by atoms with Crippen LogP contribution in [0.5, 0.6) is 0 Å². The molecule has 0 radical (unpaired) electrons. The van der Waals surface area contributed by atoms with E-state index in [1.165, 1.54) is 0 Å². The van der Waals surface area contributed by atoms with Gasteiger partial charge in [-0.2, -0.15) is 0 Å². The van der Waals surface area contributed by atoms with Gasteiger partial charge in [0.15, 0.2) is 0 Å². The van der Waals surface area contributed by atoms with E-state index in [1.807, 2.05) is 6.92 Å². The molecule has 5 heteroatoms. The van der Waals surface area contributed by atoms with Crippen LogP contribution in [0.1, 0.15) is 13.3 Å². The van der Waals surface area contributed by atoms with Gasteiger partial charge in [-0.3, -0.25) is 4.90 Å². The lowest BCUT2D eigenvalue weighted by Crippen LogP contribution is -2.34. The minimum absolute atomic E-state index is 0.0175. The lowest BCUT2D eigenvalue weighted by atomic mass is 10.2. The summed E-state index contributed by atoms with van der Waals surface area (Å²) < 4.78 is 25.5. The van der Waals surface area contributed by atoms with Crippen LogP contribution in [0.25, 0.3) is 0 Å². The summed E-state index contributed by atoms with van der Waals surface area (Å²) in [5, 5.41) is 0. The van der Waals surface area contributed by atoms with E-state index < -0.39 is 5.92 Å². The number of hydrogen-bond donors (Lipinski definition) is 1. The summed E-state index contributed by atoms with van der Waals surface area (Å²) in [4.78, 5) is 2.11. The summed E-state index contributed by atoms with van der Waals surface area (Å²) in [6.07, 6.45) is -0.0446. The third kappa shape index (κ3) is 3.15. The van der Waals surface area contributed by atoms with Crippen LogP contribution in [-0.2, 0) is 0 Å². The number of nitrogens with zero attached hydrogens (tertiary/aromatic N) is 1. The summed E-state index contributed by atoms with van der Waals surface area (Å²) in [6, 6.07) is 0. The average Bonchev–Trinajstić information content (AvgIpc) is 2.30. The van der Waals surface area contributed by atoms with Crippen molar-refractivity contribution in [1.29, 1.82) is 0 Å². The minimum atomic E-state index is -2.52. The number of alkyl halides is 2. The molecule has 1 saturated heterocycles. The maximum Gasteiger partial charge on any atom is 0.261 e. The normalized spacial score (nSPS) is 24.5. The first-order valence-corrected chi connectivity index (χ1v) is 4.71. The number of halogens is 2. The molecule has 0 aromatic carbocycles. The van der Waals surface area contributed by atoms with Crippen molar-refractivity contribution in [3.63, 3.8) is 0 Å². The molecule has 0 amide bonds. The van der Waals surface area contributed by atoms with Crippen LogP contribution in [0.3, 0.4) is 0 Å². The van der Waals surface area contributed by atoms with E-state index in [0.29, 0.717) is 18.1 Å². The maximum atomic E-state index is 12.7. The quantitative estimate of drug-likeness (QED) is 0.708. The number of thiocarbonyl (C=S) groups is 1. The van der Waals surface area contributed by atoms with Crippen LogP contribution in [0.2, 0.25) is 0 Å². The van der Waals surface area contributed by atoms with Crippen molar-refractivity contribution >= 4 is 17.2 Å². The van der Waals surface area contributed by atoms with Crippen LogP contribution >= 0.6 is 12.2 Å². The highest BCUT2D eigenvalue weighted by Crippen LogP contribution is 2.27. The fourth-order valence-corrected chi connectivity index (χ4v) is 1.51. The number of rotatable bonds is 3. The number of likely N-dealkylation sites (tertiary alicyclic amines) is 1. The molecule has 0 aromatic heterocycles. The van der Waals surface area contributed by atoms with Gasteiger partial charge in [0.1, 0.15) is 0 Å². The molecule has 0 aliphatic carbocycles. The van der Waals surface area contributed by atoms with Gasteiger partial charge >= 0.3 is 0 Å². The summed E-state index contributed by atoms with van der Waals surface area (Å²) in [6.45, 7) is 2.70. The van der Waals surface area contributed by atoms with Crippen molar-refractivity contribution in [1.82, 2.24) is 4.90 Å². The van der Waals surface area contributed by atoms with E-state index in [0.717, 1.165) is 0 Å². The third-order valence-electron chi connectivity index (χ3n) is 2.27. The molecular formula is C8H14F2N2S. The van der Waals surface area contributed by atoms with Gasteiger partial charge in [-0.25, -0.2) is 8.78 Å². The second-order valence-electron chi connectivity index (χ2n) is 3.64. The van der Waals surface area contributed by atoms with E-state index in [-0.39, 0.29) is 18.9 Å². The van der Waals surface area contributed by atoms with Crippen molar-refractivity contribution in [2.75, 3.05) is 19.6 Å². The fourth-order valence-electron chi connectivity index (χ4n) is 1.44. The molecule has 1 fully saturated rings. The SMILES string of the molecule is CC(CN1CCC(F)(F)C1)C(N)=S. The molecule has 1 aliphatic rings. The molecule has 1 heterocycles. The van der Waals surface area contributed by atoms with Crippen molar-refractivity contribution < 1.29 is 8.78 Å². The van der Waals surface area contributed by atoms with E-state index in [2.05, 4.69) is 0 Å². The Hall–Kier alpha value is -0.290. The molecular weight excluding hydrogens is 194 g/mol. The summed E-state index contributed by atoms with van der Waals surface area (Å²) in [5.74, 6) is -2.50. The Balaban J connectivity index is 2.36. The highest BCUT2D eigenvalue weighted by atomic mass is 32.1. The first-order valence-electron chi connectivity index (χ1n) is 4.30. The van der Waals surface area contributed by atoms with Crippen LogP contribution in [0, 0.1) is 5.92 Å². The van der Waals surface area contributed by atoms with Crippen LogP contribution in [0.15, 0.2) is 0 Å². The standard InChI is InChI=1S/C8H14F2N2S/c1-6(7(11)13)4-12-3-2-8(9,10)5-12/h6H,2-5H2,1H3,(H2,11,13). The topological polar surface area (TPSA) is 29.3 Å². The van der Waals surface area contributed by atoms with Gasteiger partial charge in [0, 0.05) is 25.4 Å². The Bertz CT molecular complexity index is 208. The van der Waals surface area contributed by atoms with E-state index >= 15 is 0 Å². The Morgan fingerprint density at radius 3 is 2.69 bits per heavy atom. The van der Waals surface area contributed by atoms with Crippen molar-refractivity contribution in [2.24, 2.45) is 11.7 Å². The highest BCUT2D eigenvalue weighted by Gasteiger charge is 2.38. The average molecular weight is 208 g/mol. The highest BCUT2D eigenvalue weighted by molar-refractivity contribution is 7.80. The molecule has 13 heavy (non-hydrogen) atoms. The Labute approximate surface area is 82.1 Å². The van der Waals surface area contributed by atoms with Gasteiger partial charge in [0.25, 0.3) is 5.92 Å². The van der Waals surface area contributed by atoms with Crippen LogP contribution < -0.4 is 5.73 Å². The van der Waals surface area contributed by atoms with Gasteiger partial charge < -0.3 is 5.73 Å². The van der Waals surface area contributed by atoms with Gasteiger partial charge in [-0.1, -0.05) is 19.1 Å². The van der Waals surface area contributed by atoms with Gasteiger partial charge in [0.2, 0.25) is 0 Å². The van der Waals surface area contributed by atoms with E-state index in [9.17, 15) is 8.78 Å². The molecule has 0 bridgehead atoms. The molecule has 1 atom stereocenters. The van der Waals surface area contributed by atoms with E-state index in [1.54, 1.807) is 4.90 Å². The minimum Gasteiger partial charge on any atom is -0.393 e. The summed E-state index contributed by atoms with van der Waals surface area (Å²) >= 11 is 4.77. The molecule has 1 aliphatic heterocycles. The molecule has 2 N–H and O–H groups in total. The van der Waals surface area contributed by atoms with Crippen LogP contribution in [-0.4, -0.2) is 35.4 Å². The van der Waals surface area contributed by atoms with Crippen molar-refractivity contribution in [3.05, 3.63) is 0 Å². The molecule has 2 nitrogen and oxygen atoms in total. The van der Waals surface area contributed by atoms with Crippen molar-refractivity contribution in [3.8, 4) is 0 Å². The second-order valence-corrected chi connectivity index (χ2v) is 4.12. The first kappa shape index (κ1) is 10.8. The number of nitrogens with two attached hydrogens (primary N) is 1. The molecule has 0 spiro atoms. The maximum absolute atomic E-state index is 12.7. The summed E-state index contributed by atoms with van der Waals surface area (Å²) in [5.41, 5.74) is 5.40. The smallest absolute Gasteiger partial charge is 0.261 e. The summed E-state index contributed by atoms with van der Waals surface area (Å²) in [7, 11) is 0. The largest absolute Gasteiger partial charge is 0.393 e. The van der Waals surface area contributed by atoms with Crippen molar-refractivity contribution in [2.45, 2.75) is 19.3 Å². The molecule has 76 valence electrons. The zero-order valence-electron chi connectivity index (χ0n) is 7.59. The molecule has 1 unspecified atom stereocenters. The van der Waals surface area contributed by atoms with Crippen LogP contribution in [0.4, 0.5) is 8.78 Å². The Morgan fingerprint density at radius 2 is 2.31 bits per heavy atom. The molecule has 1 rings (SSSR count). The predicted molar refractivity (Wildman–Crippen MR) is 52.0 cm³/mol. The third-order valence-corrected chi connectivity index (χ3v) is 2.67. The predicted octanol–water partition coefficient (Wildman–Crippen LogP) is 1.25. The lowest BCUT2D eigenvalue weighted by Gasteiger charge is -2.19. The molecule has 0 aromatic rings. The lowest BCUT2D eigenvalue weighted by molar-refractivity contribution is 0.0117. The Morgan fingerprint density at radius 1 is 1.69 bits per heavy atom.